The number of amides is 6. The van der Waals surface area contributed by atoms with Gasteiger partial charge in [-0.1, -0.05) is 76.3 Å². The zero-order valence-corrected chi connectivity index (χ0v) is 56.9. The molecule has 0 radical (unpaired) electrons. The molecule has 6 N–H and O–H groups in total. The standard InChI is InChI=1S/C70H82N10O15S2/c1-42(2)60(75-56(81)33-79-57(82)22-23-58(79)83)43(3)62(86)72-48-19-18-47(46(30-48)12-7-10-17-59(84)85)34-94-66(90)77(27-29-97(91,92)93)26-28-95-70-38-67(5)35-68(6,39-70)37-69(36-67,40-70)41-80-44(4)51(31-71-80)49-20-21-55(74-61(49)64(88)89)78-25-24-45-13-11-14-50(52(45)32-78)63(87)76-65-73-53-15-8-9-16-54(53)96-65/h8-9,11,13-16,18-23,30-31,42-43,60H,7,10,12,17,24-29,32-41H2,1-6H3,(H,72,86)(H,75,81)(H,84,85)(H,88,89)(H,73,76,87)(H,91,92,93)/t43-,60+,67?,68?,69?,70?/m1/s1. The number of pyridine rings is 1. The second kappa shape index (κ2) is 27.9. The third kappa shape index (κ3) is 15.9. The minimum atomic E-state index is -4.54. The molecule has 27 heteroatoms. The van der Waals surface area contributed by atoms with Gasteiger partial charge in [-0.2, -0.15) is 13.5 Å². The number of imide groups is 1. The number of thiazole rings is 1. The Hall–Kier alpha value is -8.92. The number of hydrogen-bond acceptors (Lipinski definition) is 17. The second-order valence-corrected chi connectivity index (χ2v) is 30.7. The highest BCUT2D eigenvalue weighted by Gasteiger charge is 2.66. The number of aryl methyl sites for hydroxylation is 1. The largest absolute Gasteiger partial charge is 0.481 e. The van der Waals surface area contributed by atoms with Crippen LogP contribution >= 0.6 is 11.3 Å². The summed E-state index contributed by atoms with van der Waals surface area (Å²) in [4.78, 5) is 117. The highest BCUT2D eigenvalue weighted by Crippen LogP contribution is 2.72. The Labute approximate surface area is 566 Å². The number of ether oxygens (including phenoxy) is 2. The molecule has 97 heavy (non-hydrogen) atoms. The Kier molecular flexibility index (Phi) is 20.0. The molecule has 12 rings (SSSR count). The summed E-state index contributed by atoms with van der Waals surface area (Å²) in [7, 11) is -4.54. The first kappa shape index (κ1) is 69.4. The Bertz CT molecular complexity index is 4190. The lowest BCUT2D eigenvalue weighted by Crippen LogP contribution is -2.64. The molecular weight excluding hydrogens is 1280 g/mol. The van der Waals surface area contributed by atoms with E-state index in [4.69, 9.17) is 19.6 Å². The van der Waals surface area contributed by atoms with Gasteiger partial charge in [-0.3, -0.25) is 48.2 Å². The SMILES string of the molecule is Cc1c(-c2ccc(N3CCc4cccc(C(=O)Nc5nc6ccccc6s5)c4C3)nc2C(=O)O)cnn1CC12CC3(C)CC(C)(C1)CC(OCCN(CCS(=O)(=O)O)C(=O)OCc1ccc(NC(=O)[C@H](C)[C@@H](NC(=O)CN4C(=O)C=CC4=O)C(C)C)cc1CCCCC(=O)O)(C3)C2. The van der Waals surface area contributed by atoms with Crippen molar-refractivity contribution < 1.29 is 71.0 Å². The summed E-state index contributed by atoms with van der Waals surface area (Å²) in [5.41, 5.74) is 5.22. The van der Waals surface area contributed by atoms with Gasteiger partial charge in [-0.05, 0) is 158 Å². The predicted octanol–water partition coefficient (Wildman–Crippen LogP) is 9.48. The van der Waals surface area contributed by atoms with Crippen molar-refractivity contribution in [2.24, 2.45) is 28.1 Å². The van der Waals surface area contributed by atoms with E-state index in [1.54, 1.807) is 43.5 Å². The zero-order chi connectivity index (χ0) is 69.4. The molecule has 3 aromatic carbocycles. The Balaban J connectivity index is 0.749. The molecule has 0 spiro atoms. The quantitative estimate of drug-likeness (QED) is 0.0151. The van der Waals surface area contributed by atoms with Gasteiger partial charge < -0.3 is 40.1 Å². The van der Waals surface area contributed by atoms with Gasteiger partial charge in [0.1, 0.15) is 19.0 Å². The molecule has 4 aliphatic carbocycles. The molecule has 6 aliphatic rings. The smallest absolute Gasteiger partial charge is 0.410 e. The summed E-state index contributed by atoms with van der Waals surface area (Å²) >= 11 is 1.40. The van der Waals surface area contributed by atoms with E-state index >= 15 is 0 Å². The molecule has 4 atom stereocenters. The predicted molar refractivity (Wildman–Crippen MR) is 361 cm³/mol. The fourth-order valence-electron chi connectivity index (χ4n) is 16.5. The van der Waals surface area contributed by atoms with Crippen molar-refractivity contribution in [2.75, 3.05) is 54.1 Å². The fraction of sp³-hybridized carbons (Fsp3) is 0.471. The van der Waals surface area contributed by atoms with Gasteiger partial charge in [-0.25, -0.2) is 19.6 Å². The van der Waals surface area contributed by atoms with E-state index in [0.29, 0.717) is 96.2 Å². The van der Waals surface area contributed by atoms with Crippen molar-refractivity contribution in [1.82, 2.24) is 34.9 Å². The zero-order valence-electron chi connectivity index (χ0n) is 55.2. The lowest BCUT2D eigenvalue weighted by atomic mass is 9.39. The number of aromatic carboxylic acids is 1. The first-order valence-electron chi connectivity index (χ1n) is 32.8. The molecular formula is C70H82N10O15S2. The van der Waals surface area contributed by atoms with Crippen molar-refractivity contribution >= 4 is 95.9 Å². The van der Waals surface area contributed by atoms with Gasteiger partial charge >= 0.3 is 18.0 Å². The van der Waals surface area contributed by atoms with Crippen LogP contribution in [0.1, 0.15) is 141 Å². The molecule has 25 nitrogen and oxygen atoms in total. The summed E-state index contributed by atoms with van der Waals surface area (Å²) in [6.45, 7) is 11.9. The highest BCUT2D eigenvalue weighted by atomic mass is 32.2. The Morgan fingerprint density at radius 3 is 2.27 bits per heavy atom. The monoisotopic (exact) mass is 1370 g/mol. The maximum Gasteiger partial charge on any atom is 0.410 e. The molecule has 4 saturated carbocycles. The molecule has 3 aromatic heterocycles. The molecule has 2 aliphatic heterocycles. The van der Waals surface area contributed by atoms with E-state index in [-0.39, 0.29) is 59.9 Å². The van der Waals surface area contributed by atoms with Crippen LogP contribution in [-0.4, -0.2) is 150 Å². The van der Waals surface area contributed by atoms with E-state index in [1.165, 1.54) is 16.2 Å². The fourth-order valence-corrected chi connectivity index (χ4v) is 17.8. The van der Waals surface area contributed by atoms with E-state index in [9.17, 15) is 61.5 Å². The van der Waals surface area contributed by atoms with E-state index in [2.05, 4.69) is 34.8 Å². The average molecular weight is 1370 g/mol. The van der Waals surface area contributed by atoms with Gasteiger partial charge in [-0.15, -0.1) is 0 Å². The van der Waals surface area contributed by atoms with Gasteiger partial charge in [0.15, 0.2) is 10.8 Å². The lowest BCUT2D eigenvalue weighted by Gasteiger charge is -2.69. The number of rotatable bonds is 28. The Morgan fingerprint density at radius 1 is 0.825 bits per heavy atom. The number of aliphatic carboxylic acids is 1. The van der Waals surface area contributed by atoms with Crippen LogP contribution in [0.4, 0.5) is 21.4 Å². The number of carbonyl (C=O) groups is 8. The number of aromatic nitrogens is 4. The molecule has 4 bridgehead atoms. The Morgan fingerprint density at radius 2 is 1.57 bits per heavy atom. The van der Waals surface area contributed by atoms with Crippen LogP contribution in [0.25, 0.3) is 21.3 Å². The van der Waals surface area contributed by atoms with Crippen LogP contribution in [0, 0.1) is 35.0 Å². The van der Waals surface area contributed by atoms with E-state index in [0.717, 1.165) is 76.2 Å². The molecule has 6 aromatic rings. The number of fused-ring (bicyclic) bond motifs is 2. The minimum Gasteiger partial charge on any atom is -0.481 e. The summed E-state index contributed by atoms with van der Waals surface area (Å²) in [6, 6.07) is 21.2. The third-order valence-electron chi connectivity index (χ3n) is 19.7. The number of nitrogens with zero attached hydrogens (tertiary/aromatic N) is 7. The molecule has 2 unspecified atom stereocenters. The van der Waals surface area contributed by atoms with Crippen LogP contribution in [0.2, 0.25) is 0 Å². The molecule has 0 saturated heterocycles. The number of anilines is 3. The highest BCUT2D eigenvalue weighted by molar-refractivity contribution is 7.85. The van der Waals surface area contributed by atoms with E-state index in [1.807, 2.05) is 72.8 Å². The number of para-hydroxylation sites is 1. The summed E-state index contributed by atoms with van der Waals surface area (Å²) in [5, 5.41) is 34.2. The molecule has 514 valence electrons. The topological polar surface area (TPSA) is 339 Å². The number of carboxylic acids is 2. The maximum absolute atomic E-state index is 14.1. The number of nitrogens with one attached hydrogen (secondary N) is 3. The molecule has 4 fully saturated rings. The average Bonchev–Trinajstić information content (AvgIpc) is 0.762. The van der Waals surface area contributed by atoms with Gasteiger partial charge in [0.05, 0.1) is 40.3 Å². The van der Waals surface area contributed by atoms with Crippen LogP contribution in [0.5, 0.6) is 0 Å². The number of carbonyl (C=O) groups excluding carboxylic acids is 6. The number of hydrogen-bond donors (Lipinski definition) is 6. The summed E-state index contributed by atoms with van der Waals surface area (Å²) in [6.07, 6.45) is 9.53. The second-order valence-electron chi connectivity index (χ2n) is 28.1. The van der Waals surface area contributed by atoms with Crippen molar-refractivity contribution in [2.45, 2.75) is 144 Å². The van der Waals surface area contributed by atoms with Crippen LogP contribution in [0.15, 0.2) is 91.1 Å². The molecule has 6 amide bonds. The van der Waals surface area contributed by atoms with Crippen molar-refractivity contribution in [3.63, 3.8) is 0 Å². The summed E-state index contributed by atoms with van der Waals surface area (Å²) in [5.74, 6) is -6.09. The van der Waals surface area contributed by atoms with Crippen molar-refractivity contribution in [3.8, 4) is 11.1 Å². The summed E-state index contributed by atoms with van der Waals surface area (Å²) < 4.78 is 50.1. The normalized spacial score (nSPS) is 21.6. The number of unbranched alkanes of at least 4 members (excludes halogenated alkanes) is 1. The van der Waals surface area contributed by atoms with Crippen molar-refractivity contribution in [1.29, 1.82) is 0 Å². The van der Waals surface area contributed by atoms with E-state index < -0.39 is 88.2 Å². The minimum absolute atomic E-state index is 0.0124. The molecule has 5 heterocycles. The van der Waals surface area contributed by atoms with Gasteiger partial charge in [0.25, 0.3) is 27.8 Å². The number of benzene rings is 3. The third-order valence-corrected chi connectivity index (χ3v) is 21.4. The van der Waals surface area contributed by atoms with Crippen LogP contribution < -0.4 is 20.9 Å². The van der Waals surface area contributed by atoms with Crippen LogP contribution in [-0.2, 0) is 76.1 Å². The maximum atomic E-state index is 14.1. The number of carboxylic acid groups (broad SMARTS) is 2. The first-order chi connectivity index (χ1) is 46.0. The van der Waals surface area contributed by atoms with Crippen LogP contribution in [0.3, 0.4) is 0 Å². The van der Waals surface area contributed by atoms with Gasteiger partial charge in [0, 0.05) is 85.4 Å². The van der Waals surface area contributed by atoms with Crippen molar-refractivity contribution in [3.05, 3.63) is 130 Å². The first-order valence-corrected chi connectivity index (χ1v) is 35.2. The van der Waals surface area contributed by atoms with Gasteiger partial charge in [0.2, 0.25) is 11.8 Å². The lowest BCUT2D eigenvalue weighted by molar-refractivity contribution is -0.248.